The topological polar surface area (TPSA) is 37.8 Å². The summed E-state index contributed by atoms with van der Waals surface area (Å²) >= 11 is 2.12. The van der Waals surface area contributed by atoms with E-state index in [0.717, 1.165) is 3.57 Å². The third-order valence-corrected chi connectivity index (χ3v) is 2.89. The number of aromatic nitrogens is 2. The molecule has 0 unspecified atom stereocenters. The highest BCUT2D eigenvalue weighted by molar-refractivity contribution is 14.1. The summed E-state index contributed by atoms with van der Waals surface area (Å²) in [5.74, 6) is 0.452. The molecule has 3 nitrogen and oxygen atoms in total. The first-order chi connectivity index (χ1) is 7.66. The van der Waals surface area contributed by atoms with Crippen LogP contribution in [0.4, 0.5) is 15.9 Å². The van der Waals surface area contributed by atoms with Gasteiger partial charge in [-0.1, -0.05) is 6.07 Å². The van der Waals surface area contributed by atoms with Crippen LogP contribution in [-0.4, -0.2) is 9.97 Å². The van der Waals surface area contributed by atoms with Crippen molar-refractivity contribution < 1.29 is 4.39 Å². The second kappa shape index (κ2) is 4.73. The van der Waals surface area contributed by atoms with E-state index in [9.17, 15) is 4.39 Å². The van der Waals surface area contributed by atoms with Crippen LogP contribution in [-0.2, 0) is 0 Å². The van der Waals surface area contributed by atoms with Gasteiger partial charge in [0.25, 0.3) is 0 Å². The number of nitrogens with zero attached hydrogens (tertiary/aromatic N) is 2. The van der Waals surface area contributed by atoms with Gasteiger partial charge in [-0.25, -0.2) is 14.4 Å². The van der Waals surface area contributed by atoms with E-state index in [4.69, 9.17) is 0 Å². The summed E-state index contributed by atoms with van der Waals surface area (Å²) in [4.78, 5) is 7.96. The maximum absolute atomic E-state index is 13.3. The third kappa shape index (κ3) is 2.46. The van der Waals surface area contributed by atoms with Gasteiger partial charge in [0.2, 0.25) is 0 Å². The Morgan fingerprint density at radius 2 is 2.19 bits per heavy atom. The lowest BCUT2D eigenvalue weighted by Crippen LogP contribution is -1.97. The molecule has 0 bridgehead atoms. The highest BCUT2D eigenvalue weighted by Gasteiger charge is 2.03. The zero-order valence-electron chi connectivity index (χ0n) is 8.54. The summed E-state index contributed by atoms with van der Waals surface area (Å²) in [6.45, 7) is 1.73. The standard InChI is InChI=1S/C11H9FIN3/c1-7-2-3-8(4-9(7)12)16-11-10(13)5-14-6-15-11/h2-6H,1H3,(H,14,15,16). The second-order valence-corrected chi connectivity index (χ2v) is 4.47. The first kappa shape index (κ1) is 11.3. The Kier molecular flexibility index (Phi) is 3.33. The molecule has 0 radical (unpaired) electrons. The minimum absolute atomic E-state index is 0.228. The van der Waals surface area contributed by atoms with Crippen LogP contribution in [0.2, 0.25) is 0 Å². The highest BCUT2D eigenvalue weighted by atomic mass is 127. The minimum atomic E-state index is -0.228. The SMILES string of the molecule is Cc1ccc(Nc2ncncc2I)cc1F. The van der Waals surface area contributed by atoms with Crippen molar-refractivity contribution in [3.63, 3.8) is 0 Å². The molecule has 0 fully saturated rings. The van der Waals surface area contributed by atoms with Gasteiger partial charge >= 0.3 is 0 Å². The summed E-state index contributed by atoms with van der Waals surface area (Å²) in [6.07, 6.45) is 3.15. The van der Waals surface area contributed by atoms with Gasteiger partial charge in [0, 0.05) is 11.9 Å². The first-order valence-corrected chi connectivity index (χ1v) is 5.73. The van der Waals surface area contributed by atoms with E-state index in [0.29, 0.717) is 17.1 Å². The molecule has 2 rings (SSSR count). The quantitative estimate of drug-likeness (QED) is 0.860. The molecule has 82 valence electrons. The van der Waals surface area contributed by atoms with Crippen LogP contribution in [0.3, 0.4) is 0 Å². The lowest BCUT2D eigenvalue weighted by Gasteiger charge is -2.07. The number of nitrogens with one attached hydrogen (secondary N) is 1. The lowest BCUT2D eigenvalue weighted by molar-refractivity contribution is 0.619. The van der Waals surface area contributed by atoms with Gasteiger partial charge in [0.1, 0.15) is 18.0 Å². The molecule has 16 heavy (non-hydrogen) atoms. The van der Waals surface area contributed by atoms with E-state index in [2.05, 4.69) is 37.9 Å². The zero-order valence-corrected chi connectivity index (χ0v) is 10.7. The average Bonchev–Trinajstić information content (AvgIpc) is 2.27. The van der Waals surface area contributed by atoms with Gasteiger partial charge in [-0.2, -0.15) is 0 Å². The van der Waals surface area contributed by atoms with E-state index in [1.165, 1.54) is 12.4 Å². The fourth-order valence-corrected chi connectivity index (χ4v) is 1.65. The van der Waals surface area contributed by atoms with Crippen molar-refractivity contribution in [2.75, 3.05) is 5.32 Å². The van der Waals surface area contributed by atoms with Crippen LogP contribution in [0, 0.1) is 16.3 Å². The number of anilines is 2. The Morgan fingerprint density at radius 3 is 2.88 bits per heavy atom. The Hall–Kier alpha value is -1.24. The molecule has 0 aliphatic heterocycles. The maximum atomic E-state index is 13.3. The van der Waals surface area contributed by atoms with E-state index in [1.54, 1.807) is 19.2 Å². The van der Waals surface area contributed by atoms with Crippen LogP contribution in [0.1, 0.15) is 5.56 Å². The number of hydrogen-bond donors (Lipinski definition) is 1. The predicted octanol–water partition coefficient (Wildman–Crippen LogP) is 3.27. The van der Waals surface area contributed by atoms with Gasteiger partial charge < -0.3 is 5.32 Å². The van der Waals surface area contributed by atoms with Gasteiger partial charge in [-0.15, -0.1) is 0 Å². The largest absolute Gasteiger partial charge is 0.339 e. The molecule has 1 N–H and O–H groups in total. The van der Waals surface area contributed by atoms with Gasteiger partial charge in [0.05, 0.1) is 3.57 Å². The predicted molar refractivity (Wildman–Crippen MR) is 69.2 cm³/mol. The van der Waals surface area contributed by atoms with E-state index < -0.39 is 0 Å². The van der Waals surface area contributed by atoms with Crippen LogP contribution in [0.5, 0.6) is 0 Å². The Balaban J connectivity index is 2.28. The average molecular weight is 329 g/mol. The smallest absolute Gasteiger partial charge is 0.147 e. The van der Waals surface area contributed by atoms with Gasteiger partial charge in [-0.3, -0.25) is 0 Å². The molecule has 5 heteroatoms. The van der Waals surface area contributed by atoms with Crippen molar-refractivity contribution in [3.8, 4) is 0 Å². The molecule has 0 spiro atoms. The van der Waals surface area contributed by atoms with Crippen LogP contribution in [0.25, 0.3) is 0 Å². The molecular formula is C11H9FIN3. The fourth-order valence-electron chi connectivity index (χ4n) is 1.21. The minimum Gasteiger partial charge on any atom is -0.339 e. The molecule has 0 saturated heterocycles. The molecule has 1 aromatic carbocycles. The lowest BCUT2D eigenvalue weighted by atomic mass is 10.2. The Morgan fingerprint density at radius 1 is 1.38 bits per heavy atom. The Bertz CT molecular complexity index is 516. The number of aryl methyl sites for hydroxylation is 1. The summed E-state index contributed by atoms with van der Waals surface area (Å²) in [5.41, 5.74) is 1.31. The number of benzene rings is 1. The molecule has 1 aromatic heterocycles. The highest BCUT2D eigenvalue weighted by Crippen LogP contribution is 2.20. The number of rotatable bonds is 2. The molecule has 2 aromatic rings. The van der Waals surface area contributed by atoms with E-state index in [-0.39, 0.29) is 5.82 Å². The van der Waals surface area contributed by atoms with Crippen molar-refractivity contribution in [1.82, 2.24) is 9.97 Å². The monoisotopic (exact) mass is 329 g/mol. The van der Waals surface area contributed by atoms with Crippen LogP contribution >= 0.6 is 22.6 Å². The maximum Gasteiger partial charge on any atom is 0.147 e. The fraction of sp³-hybridized carbons (Fsp3) is 0.0909. The van der Waals surface area contributed by atoms with E-state index in [1.807, 2.05) is 6.07 Å². The Labute approximate surface area is 106 Å². The summed E-state index contributed by atoms with van der Waals surface area (Å²) < 4.78 is 14.2. The van der Waals surface area contributed by atoms with Gasteiger partial charge in [-0.05, 0) is 47.2 Å². The van der Waals surface area contributed by atoms with Crippen molar-refractivity contribution in [1.29, 1.82) is 0 Å². The number of halogens is 2. The van der Waals surface area contributed by atoms with Crippen LogP contribution in [0.15, 0.2) is 30.7 Å². The van der Waals surface area contributed by atoms with Crippen molar-refractivity contribution in [2.24, 2.45) is 0 Å². The van der Waals surface area contributed by atoms with Crippen molar-refractivity contribution >= 4 is 34.1 Å². The third-order valence-electron chi connectivity index (χ3n) is 2.10. The summed E-state index contributed by atoms with van der Waals surface area (Å²) in [6, 6.07) is 5.00. The first-order valence-electron chi connectivity index (χ1n) is 4.65. The van der Waals surface area contributed by atoms with Crippen molar-refractivity contribution in [2.45, 2.75) is 6.92 Å². The second-order valence-electron chi connectivity index (χ2n) is 3.31. The molecule has 0 aliphatic rings. The molecule has 1 heterocycles. The summed E-state index contributed by atoms with van der Waals surface area (Å²) in [7, 11) is 0. The van der Waals surface area contributed by atoms with Gasteiger partial charge in [0.15, 0.2) is 0 Å². The van der Waals surface area contributed by atoms with Crippen LogP contribution < -0.4 is 5.32 Å². The molecule has 0 amide bonds. The number of hydrogen-bond acceptors (Lipinski definition) is 3. The molecular weight excluding hydrogens is 320 g/mol. The normalized spacial score (nSPS) is 10.2. The van der Waals surface area contributed by atoms with E-state index >= 15 is 0 Å². The molecule has 0 saturated carbocycles. The summed E-state index contributed by atoms with van der Waals surface area (Å²) in [5, 5.41) is 3.04. The molecule has 0 atom stereocenters. The van der Waals surface area contributed by atoms with Crippen molar-refractivity contribution in [3.05, 3.63) is 45.7 Å². The zero-order chi connectivity index (χ0) is 11.5. The molecule has 0 aliphatic carbocycles.